The SMILES string of the molecule is Nc1nc(N)c2c(n1)c(-c1cccnc1)cc1c2ccn1Cc1ccc(F)cc1. The molecule has 0 unspecified atom stereocenters. The van der Waals surface area contributed by atoms with Gasteiger partial charge in [0.05, 0.1) is 10.9 Å². The van der Waals surface area contributed by atoms with Crippen LogP contribution in [0.25, 0.3) is 32.9 Å². The van der Waals surface area contributed by atoms with Crippen LogP contribution in [0.2, 0.25) is 0 Å². The average Bonchev–Trinajstić information content (AvgIpc) is 3.11. The number of hydrogen-bond donors (Lipinski definition) is 2. The van der Waals surface area contributed by atoms with Crippen LogP contribution in [0.15, 0.2) is 67.1 Å². The zero-order chi connectivity index (χ0) is 20.0. The van der Waals surface area contributed by atoms with Crippen molar-refractivity contribution in [3.05, 3.63) is 78.5 Å². The number of benzene rings is 2. The highest BCUT2D eigenvalue weighted by Gasteiger charge is 2.16. The van der Waals surface area contributed by atoms with Crippen molar-refractivity contribution in [2.45, 2.75) is 6.54 Å². The zero-order valence-electron chi connectivity index (χ0n) is 15.4. The Morgan fingerprint density at radius 2 is 1.83 bits per heavy atom. The molecule has 29 heavy (non-hydrogen) atoms. The Kier molecular flexibility index (Phi) is 3.87. The summed E-state index contributed by atoms with van der Waals surface area (Å²) in [6.07, 6.45) is 5.48. The smallest absolute Gasteiger partial charge is 0.222 e. The molecule has 4 N–H and O–H groups in total. The molecule has 0 aliphatic heterocycles. The molecular formula is C22H17FN6. The number of pyridine rings is 1. The molecule has 0 aliphatic rings. The predicted molar refractivity (Wildman–Crippen MR) is 113 cm³/mol. The van der Waals surface area contributed by atoms with Gasteiger partial charge in [0.15, 0.2) is 0 Å². The van der Waals surface area contributed by atoms with Crippen LogP contribution >= 0.6 is 0 Å². The molecule has 7 heteroatoms. The standard InChI is InChI=1S/C22H17FN6/c23-15-5-3-13(4-6-15)12-29-9-7-16-18(29)10-17(14-2-1-8-26-11-14)20-19(16)21(24)28-22(25)27-20/h1-11H,12H2,(H4,24,25,27,28). The predicted octanol–water partition coefficient (Wildman–Crippen LogP) is 4.00. The van der Waals surface area contributed by atoms with Crippen molar-refractivity contribution in [1.82, 2.24) is 19.5 Å². The molecule has 142 valence electrons. The Morgan fingerprint density at radius 3 is 2.59 bits per heavy atom. The molecule has 2 aromatic carbocycles. The number of nitrogens with two attached hydrogens (primary N) is 2. The van der Waals surface area contributed by atoms with Crippen molar-refractivity contribution in [3.63, 3.8) is 0 Å². The average molecular weight is 384 g/mol. The fraction of sp³-hybridized carbons (Fsp3) is 0.0455. The number of aromatic nitrogens is 4. The molecule has 0 saturated heterocycles. The molecule has 3 aromatic heterocycles. The molecule has 0 radical (unpaired) electrons. The Morgan fingerprint density at radius 1 is 1.00 bits per heavy atom. The second kappa shape index (κ2) is 6.56. The molecule has 5 rings (SSSR count). The summed E-state index contributed by atoms with van der Waals surface area (Å²) in [6, 6.07) is 14.4. The Bertz CT molecular complexity index is 1340. The van der Waals surface area contributed by atoms with Crippen LogP contribution < -0.4 is 11.5 Å². The number of nitrogens with zero attached hydrogens (tertiary/aromatic N) is 4. The van der Waals surface area contributed by atoms with Gasteiger partial charge in [0.2, 0.25) is 5.95 Å². The van der Waals surface area contributed by atoms with Crippen molar-refractivity contribution >= 4 is 33.6 Å². The van der Waals surface area contributed by atoms with Crippen LogP contribution in [0.5, 0.6) is 0 Å². The minimum atomic E-state index is -0.251. The number of halogens is 1. The van der Waals surface area contributed by atoms with Crippen LogP contribution in [0, 0.1) is 5.82 Å². The summed E-state index contributed by atoms with van der Waals surface area (Å²) in [4.78, 5) is 12.9. The first kappa shape index (κ1) is 17.1. The molecule has 0 fully saturated rings. The summed E-state index contributed by atoms with van der Waals surface area (Å²) in [5, 5.41) is 1.70. The van der Waals surface area contributed by atoms with Gasteiger partial charge in [-0.15, -0.1) is 0 Å². The Labute approximate surface area is 165 Å². The lowest BCUT2D eigenvalue weighted by Gasteiger charge is -2.12. The summed E-state index contributed by atoms with van der Waals surface area (Å²) in [5.74, 6) is 0.214. The molecule has 6 nitrogen and oxygen atoms in total. The molecule has 5 aromatic rings. The van der Waals surface area contributed by atoms with Gasteiger partial charge in [0.1, 0.15) is 11.6 Å². The van der Waals surface area contributed by atoms with Crippen molar-refractivity contribution in [2.75, 3.05) is 11.5 Å². The first-order chi connectivity index (χ1) is 14.1. The van der Waals surface area contributed by atoms with Gasteiger partial charge in [0.25, 0.3) is 0 Å². The van der Waals surface area contributed by atoms with E-state index in [-0.39, 0.29) is 11.8 Å². The number of fused-ring (bicyclic) bond motifs is 3. The van der Waals surface area contributed by atoms with E-state index >= 15 is 0 Å². The Hall–Kier alpha value is -4.00. The van der Waals surface area contributed by atoms with Crippen molar-refractivity contribution in [3.8, 4) is 11.1 Å². The van der Waals surface area contributed by atoms with Gasteiger partial charge >= 0.3 is 0 Å². The van der Waals surface area contributed by atoms with E-state index in [0.717, 1.165) is 33.0 Å². The zero-order valence-corrected chi connectivity index (χ0v) is 15.4. The van der Waals surface area contributed by atoms with Crippen molar-refractivity contribution in [2.24, 2.45) is 0 Å². The maximum absolute atomic E-state index is 13.3. The highest BCUT2D eigenvalue weighted by atomic mass is 19.1. The van der Waals surface area contributed by atoms with Crippen LogP contribution in [-0.2, 0) is 6.54 Å². The topological polar surface area (TPSA) is 95.6 Å². The first-order valence-electron chi connectivity index (χ1n) is 9.09. The second-order valence-corrected chi connectivity index (χ2v) is 6.86. The fourth-order valence-electron chi connectivity index (χ4n) is 3.69. The second-order valence-electron chi connectivity index (χ2n) is 6.86. The van der Waals surface area contributed by atoms with Gasteiger partial charge in [-0.05, 0) is 35.9 Å². The van der Waals surface area contributed by atoms with Crippen molar-refractivity contribution < 1.29 is 4.39 Å². The summed E-state index contributed by atoms with van der Waals surface area (Å²) < 4.78 is 15.4. The minimum Gasteiger partial charge on any atom is -0.383 e. The van der Waals surface area contributed by atoms with Crippen LogP contribution in [0.1, 0.15) is 5.56 Å². The van der Waals surface area contributed by atoms with E-state index in [1.54, 1.807) is 24.5 Å². The molecule has 0 bridgehead atoms. The quantitative estimate of drug-likeness (QED) is 0.490. The molecule has 0 spiro atoms. The maximum Gasteiger partial charge on any atom is 0.222 e. The number of anilines is 2. The molecule has 3 heterocycles. The highest BCUT2D eigenvalue weighted by Crippen LogP contribution is 2.37. The molecule has 0 aliphatic carbocycles. The number of rotatable bonds is 3. The van der Waals surface area contributed by atoms with Crippen molar-refractivity contribution in [1.29, 1.82) is 0 Å². The van der Waals surface area contributed by atoms with Crippen LogP contribution in [0.3, 0.4) is 0 Å². The van der Waals surface area contributed by atoms with Crippen LogP contribution in [-0.4, -0.2) is 19.5 Å². The molecule has 0 amide bonds. The summed E-state index contributed by atoms with van der Waals surface area (Å²) in [7, 11) is 0. The van der Waals surface area contributed by atoms with Gasteiger partial charge in [-0.3, -0.25) is 4.98 Å². The fourth-order valence-corrected chi connectivity index (χ4v) is 3.69. The number of nitrogen functional groups attached to an aromatic ring is 2. The molecule has 0 saturated carbocycles. The van der Waals surface area contributed by atoms with E-state index < -0.39 is 0 Å². The third-order valence-corrected chi connectivity index (χ3v) is 5.01. The molecular weight excluding hydrogens is 367 g/mol. The lowest BCUT2D eigenvalue weighted by molar-refractivity contribution is 0.626. The van der Waals surface area contributed by atoms with E-state index in [2.05, 4.69) is 25.6 Å². The first-order valence-corrected chi connectivity index (χ1v) is 9.09. The van der Waals surface area contributed by atoms with Crippen LogP contribution in [0.4, 0.5) is 16.2 Å². The monoisotopic (exact) mass is 384 g/mol. The van der Waals surface area contributed by atoms with Gasteiger partial charge in [0, 0.05) is 47.2 Å². The van der Waals surface area contributed by atoms with Gasteiger partial charge < -0.3 is 16.0 Å². The van der Waals surface area contributed by atoms with Gasteiger partial charge in [-0.2, -0.15) is 4.98 Å². The normalized spacial score (nSPS) is 11.3. The minimum absolute atomic E-state index is 0.130. The Balaban J connectivity index is 1.79. The van der Waals surface area contributed by atoms with E-state index in [1.807, 2.05) is 24.4 Å². The van der Waals surface area contributed by atoms with E-state index in [9.17, 15) is 4.39 Å². The van der Waals surface area contributed by atoms with E-state index in [1.165, 1.54) is 12.1 Å². The summed E-state index contributed by atoms with van der Waals surface area (Å²) >= 11 is 0. The summed E-state index contributed by atoms with van der Waals surface area (Å²) in [6.45, 7) is 0.595. The maximum atomic E-state index is 13.3. The number of hydrogen-bond acceptors (Lipinski definition) is 5. The van der Waals surface area contributed by atoms with Gasteiger partial charge in [-0.25, -0.2) is 9.37 Å². The van der Waals surface area contributed by atoms with E-state index in [4.69, 9.17) is 11.5 Å². The largest absolute Gasteiger partial charge is 0.383 e. The van der Waals surface area contributed by atoms with E-state index in [0.29, 0.717) is 17.9 Å². The highest BCUT2D eigenvalue weighted by molar-refractivity contribution is 6.15. The summed E-state index contributed by atoms with van der Waals surface area (Å²) in [5.41, 5.74) is 16.6. The lowest BCUT2D eigenvalue weighted by atomic mass is 10.0. The third-order valence-electron chi connectivity index (χ3n) is 5.01. The lowest BCUT2D eigenvalue weighted by Crippen LogP contribution is -2.03. The third kappa shape index (κ3) is 2.93. The molecule has 0 atom stereocenters. The van der Waals surface area contributed by atoms with Gasteiger partial charge in [-0.1, -0.05) is 18.2 Å².